The van der Waals surface area contributed by atoms with Crippen LogP contribution in [0.4, 0.5) is 4.79 Å². The van der Waals surface area contributed by atoms with Gasteiger partial charge in [0.05, 0.1) is 22.9 Å². The summed E-state index contributed by atoms with van der Waals surface area (Å²) in [5, 5.41) is 4.27. The lowest BCUT2D eigenvalue weighted by Crippen LogP contribution is -2.14. The first-order chi connectivity index (χ1) is 5.07. The lowest BCUT2D eigenvalue weighted by molar-refractivity contribution is 0.140. The summed E-state index contributed by atoms with van der Waals surface area (Å²) in [4.78, 5) is 15.2. The molecule has 0 saturated carbocycles. The van der Waals surface area contributed by atoms with Crippen molar-refractivity contribution >= 4 is 45.8 Å². The lowest BCUT2D eigenvalue weighted by Gasteiger charge is -2.03. The van der Waals surface area contributed by atoms with E-state index in [0.717, 1.165) is 5.04 Å². The van der Waals surface area contributed by atoms with E-state index in [1.807, 2.05) is 29.1 Å². The lowest BCUT2D eigenvalue weighted by atomic mass is 10.9. The fraction of sp³-hybridized carbons (Fsp3) is 0.600. The zero-order valence-corrected chi connectivity index (χ0v) is 9.47. The van der Waals surface area contributed by atoms with Crippen molar-refractivity contribution in [3.63, 3.8) is 0 Å². The summed E-state index contributed by atoms with van der Waals surface area (Å²) in [6, 6.07) is 0. The summed E-state index contributed by atoms with van der Waals surface area (Å²) in [6.07, 6.45) is 1.39. The molecule has 0 aliphatic rings. The maximum Gasteiger partial charge on any atom is 0.444 e. The second-order valence-electron chi connectivity index (χ2n) is 1.65. The number of carbonyl (C=O) groups excluding carboxylic acids is 1. The molecule has 0 bridgehead atoms. The number of thioether (sulfide) groups is 1. The Bertz CT molecular complexity index is 172. The average Bonchev–Trinajstić information content (AvgIpc) is 1.99. The molecule has 4 nitrogen and oxygen atoms in total. The van der Waals surface area contributed by atoms with Crippen LogP contribution in [0.5, 0.6) is 0 Å². The normalized spacial score (nSPS) is 11.1. The van der Waals surface area contributed by atoms with Crippen LogP contribution in [0.3, 0.4) is 0 Å². The fourth-order valence-electron chi connectivity index (χ4n) is 0.197. The van der Waals surface area contributed by atoms with Gasteiger partial charge in [0.2, 0.25) is 0 Å². The maximum absolute atomic E-state index is 10.7. The van der Waals surface area contributed by atoms with E-state index in [9.17, 15) is 4.79 Å². The molecule has 11 heavy (non-hydrogen) atoms. The molecule has 0 aromatic carbocycles. The predicted octanol–water partition coefficient (Wildman–Crippen LogP) is 2.10. The van der Waals surface area contributed by atoms with E-state index >= 15 is 0 Å². The molecule has 0 fully saturated rings. The van der Waals surface area contributed by atoms with Crippen molar-refractivity contribution in [3.05, 3.63) is 0 Å². The Morgan fingerprint density at radius 1 is 1.73 bits per heavy atom. The highest BCUT2D eigenvalue weighted by Crippen LogP contribution is 2.01. The minimum absolute atomic E-state index is 0.473. The van der Waals surface area contributed by atoms with Crippen LogP contribution in [0, 0.1) is 0 Å². The van der Waals surface area contributed by atoms with Gasteiger partial charge in [-0.2, -0.15) is 0 Å². The zero-order chi connectivity index (χ0) is 8.85. The standard InChI is InChI=1S/C5H9IN2O2S/c1-4(11-3)7-10-5(9)8(2)6/h1-3H3. The number of amides is 1. The first kappa shape index (κ1) is 11.0. The molecule has 0 aromatic rings. The second-order valence-corrected chi connectivity index (χ2v) is 4.10. The van der Waals surface area contributed by atoms with E-state index in [-0.39, 0.29) is 0 Å². The number of hydrogen-bond donors (Lipinski definition) is 0. The van der Waals surface area contributed by atoms with E-state index in [2.05, 4.69) is 9.99 Å². The molecule has 0 spiro atoms. The monoisotopic (exact) mass is 288 g/mol. The first-order valence-electron chi connectivity index (χ1n) is 2.77. The van der Waals surface area contributed by atoms with Crippen molar-refractivity contribution in [1.82, 2.24) is 3.11 Å². The quantitative estimate of drug-likeness (QED) is 0.185. The van der Waals surface area contributed by atoms with Gasteiger partial charge in [-0.15, -0.1) is 11.8 Å². The van der Waals surface area contributed by atoms with E-state index in [1.165, 1.54) is 14.9 Å². The largest absolute Gasteiger partial charge is 0.444 e. The average molecular weight is 288 g/mol. The van der Waals surface area contributed by atoms with Gasteiger partial charge in [0.25, 0.3) is 0 Å². The van der Waals surface area contributed by atoms with Gasteiger partial charge in [0.1, 0.15) is 5.04 Å². The molecule has 0 aromatic heterocycles. The number of halogens is 1. The third-order valence-electron chi connectivity index (χ3n) is 0.799. The van der Waals surface area contributed by atoms with Crippen molar-refractivity contribution in [1.29, 1.82) is 0 Å². The SMILES string of the molecule is CSC(C)=NOC(=O)N(C)I. The van der Waals surface area contributed by atoms with E-state index < -0.39 is 6.09 Å². The third kappa shape index (κ3) is 5.31. The summed E-state index contributed by atoms with van der Waals surface area (Å²) in [5.41, 5.74) is 0. The van der Waals surface area contributed by atoms with Crippen LogP contribution in [0.25, 0.3) is 0 Å². The van der Waals surface area contributed by atoms with Gasteiger partial charge < -0.3 is 0 Å². The Morgan fingerprint density at radius 2 is 2.27 bits per heavy atom. The van der Waals surface area contributed by atoms with Gasteiger partial charge in [-0.3, -0.25) is 7.95 Å². The predicted molar refractivity (Wildman–Crippen MR) is 54.9 cm³/mol. The highest BCUT2D eigenvalue weighted by atomic mass is 127. The summed E-state index contributed by atoms with van der Waals surface area (Å²) in [5.74, 6) is 0. The fourth-order valence-corrected chi connectivity index (χ4v) is 0.397. The topological polar surface area (TPSA) is 41.9 Å². The van der Waals surface area contributed by atoms with Crippen LogP contribution in [0.2, 0.25) is 0 Å². The van der Waals surface area contributed by atoms with Crippen LogP contribution in [0.15, 0.2) is 5.16 Å². The molecule has 0 rings (SSSR count). The number of rotatable bonds is 1. The van der Waals surface area contributed by atoms with Crippen molar-refractivity contribution in [2.45, 2.75) is 6.92 Å². The van der Waals surface area contributed by atoms with Gasteiger partial charge >= 0.3 is 6.09 Å². The van der Waals surface area contributed by atoms with Crippen molar-refractivity contribution in [2.24, 2.45) is 5.16 Å². The van der Waals surface area contributed by atoms with Gasteiger partial charge in [-0.1, -0.05) is 5.16 Å². The van der Waals surface area contributed by atoms with Crippen LogP contribution < -0.4 is 0 Å². The molecule has 0 aliphatic carbocycles. The highest BCUT2D eigenvalue weighted by Gasteiger charge is 2.04. The molecule has 64 valence electrons. The number of nitrogens with zero attached hydrogens (tertiary/aromatic N) is 2. The first-order valence-corrected chi connectivity index (χ1v) is 4.96. The van der Waals surface area contributed by atoms with Gasteiger partial charge in [-0.25, -0.2) is 4.79 Å². The number of oxime groups is 1. The molecule has 6 heteroatoms. The van der Waals surface area contributed by atoms with Crippen molar-refractivity contribution < 1.29 is 9.63 Å². The second kappa shape index (κ2) is 5.64. The molecule has 0 aliphatic heterocycles. The highest BCUT2D eigenvalue weighted by molar-refractivity contribution is 14.1. The summed E-state index contributed by atoms with van der Waals surface area (Å²) in [7, 11) is 1.59. The summed E-state index contributed by atoms with van der Waals surface area (Å²) in [6.45, 7) is 1.77. The smallest absolute Gasteiger partial charge is 0.297 e. The van der Waals surface area contributed by atoms with Gasteiger partial charge in [-0.05, 0) is 13.2 Å². The molecule has 0 atom stereocenters. The minimum Gasteiger partial charge on any atom is -0.297 e. The molecule has 0 unspecified atom stereocenters. The molecule has 1 amide bonds. The van der Waals surface area contributed by atoms with E-state index in [0.29, 0.717) is 0 Å². The van der Waals surface area contributed by atoms with Crippen LogP contribution in [-0.4, -0.2) is 27.6 Å². The van der Waals surface area contributed by atoms with Gasteiger partial charge in [0, 0.05) is 7.05 Å². The van der Waals surface area contributed by atoms with E-state index in [4.69, 9.17) is 0 Å². The Morgan fingerprint density at radius 3 is 2.64 bits per heavy atom. The number of carbonyl (C=O) groups is 1. The minimum atomic E-state index is -0.473. The third-order valence-corrected chi connectivity index (χ3v) is 1.86. The Labute approximate surface area is 83.8 Å². The Balaban J connectivity index is 3.78. The van der Waals surface area contributed by atoms with Crippen molar-refractivity contribution in [3.8, 4) is 0 Å². The molecule has 0 N–H and O–H groups in total. The van der Waals surface area contributed by atoms with Gasteiger partial charge in [0.15, 0.2) is 0 Å². The molecule has 0 heterocycles. The Kier molecular flexibility index (Phi) is 5.65. The van der Waals surface area contributed by atoms with Crippen LogP contribution in [0.1, 0.15) is 6.92 Å². The summed E-state index contributed by atoms with van der Waals surface area (Å²) >= 11 is 3.24. The van der Waals surface area contributed by atoms with E-state index in [1.54, 1.807) is 14.0 Å². The van der Waals surface area contributed by atoms with Crippen molar-refractivity contribution in [2.75, 3.05) is 13.3 Å². The molecule has 0 radical (unpaired) electrons. The number of hydrogen-bond acceptors (Lipinski definition) is 4. The van der Waals surface area contributed by atoms with Crippen LogP contribution in [-0.2, 0) is 4.84 Å². The molecule has 0 saturated heterocycles. The molecular formula is C5H9IN2O2S. The zero-order valence-electron chi connectivity index (χ0n) is 6.50. The van der Waals surface area contributed by atoms with Crippen LogP contribution >= 0.6 is 34.6 Å². The summed E-state index contributed by atoms with van der Waals surface area (Å²) < 4.78 is 1.29. The maximum atomic E-state index is 10.7. The molecular weight excluding hydrogens is 279 g/mol. The Hall–Kier alpha value is 0.0200.